The fourth-order valence-electron chi connectivity index (χ4n) is 4.94. The Hall–Kier alpha value is -5.23. The standard InChI is InChI=1S/C32H27F2N5O5/c1-35-31(40)27-7-5-18(15-36-27)17-44-30-4-2-3-25(38-30)22-14-23(33)20(11-24(22)34)13-29-37-26-8-6-19(32(41)42)12-28(26)39(29)16-21-9-10-43-21/h2-8,11-12,14-15,21H,9-10,13,16-17H2,1H3,(H,35,40)(H,41,42)/t21-/m0/s1. The van der Waals surface area contributed by atoms with Crippen LogP contribution in [0.15, 0.2) is 66.9 Å². The number of halogens is 2. The van der Waals surface area contributed by atoms with E-state index in [1.54, 1.807) is 36.4 Å². The van der Waals surface area contributed by atoms with Crippen LogP contribution in [0.3, 0.4) is 0 Å². The third-order valence-corrected chi connectivity index (χ3v) is 7.41. The first kappa shape index (κ1) is 28.9. The van der Waals surface area contributed by atoms with Crippen molar-refractivity contribution in [2.45, 2.75) is 32.1 Å². The Kier molecular flexibility index (Phi) is 7.99. The molecule has 0 unspecified atom stereocenters. The van der Waals surface area contributed by atoms with Gasteiger partial charge in [0, 0.05) is 43.5 Å². The summed E-state index contributed by atoms with van der Waals surface area (Å²) in [6.07, 6.45) is 2.27. The first-order valence-electron chi connectivity index (χ1n) is 13.9. The van der Waals surface area contributed by atoms with Crippen molar-refractivity contribution in [1.82, 2.24) is 24.8 Å². The second-order valence-electron chi connectivity index (χ2n) is 10.3. The van der Waals surface area contributed by atoms with E-state index < -0.39 is 17.6 Å². The van der Waals surface area contributed by atoms with Crippen LogP contribution >= 0.6 is 0 Å². The van der Waals surface area contributed by atoms with Gasteiger partial charge in [0.1, 0.15) is 29.8 Å². The highest BCUT2D eigenvalue weighted by molar-refractivity contribution is 5.93. The van der Waals surface area contributed by atoms with Crippen molar-refractivity contribution in [3.63, 3.8) is 0 Å². The molecule has 6 rings (SSSR count). The summed E-state index contributed by atoms with van der Waals surface area (Å²) in [6.45, 7) is 1.16. The topological polar surface area (TPSA) is 128 Å². The maximum Gasteiger partial charge on any atom is 0.335 e. The number of amides is 1. The Labute approximate surface area is 250 Å². The molecule has 5 aromatic rings. The molecule has 4 heterocycles. The molecule has 224 valence electrons. The van der Waals surface area contributed by atoms with Crippen LogP contribution in [0.2, 0.25) is 0 Å². The minimum atomic E-state index is -1.07. The number of ether oxygens (including phenoxy) is 2. The summed E-state index contributed by atoms with van der Waals surface area (Å²) in [5.41, 5.74) is 2.47. The van der Waals surface area contributed by atoms with E-state index in [1.807, 2.05) is 4.57 Å². The molecule has 0 bridgehead atoms. The third-order valence-electron chi connectivity index (χ3n) is 7.41. The molecular weight excluding hydrogens is 572 g/mol. The summed E-state index contributed by atoms with van der Waals surface area (Å²) in [7, 11) is 1.52. The van der Waals surface area contributed by atoms with Gasteiger partial charge in [0.25, 0.3) is 5.91 Å². The second-order valence-corrected chi connectivity index (χ2v) is 10.3. The molecule has 1 aliphatic rings. The fourth-order valence-corrected chi connectivity index (χ4v) is 4.94. The lowest BCUT2D eigenvalue weighted by molar-refractivity contribution is -0.0589. The Bertz CT molecular complexity index is 1870. The number of nitrogens with zero attached hydrogens (tertiary/aromatic N) is 4. The molecule has 0 spiro atoms. The number of rotatable bonds is 10. The van der Waals surface area contributed by atoms with Crippen LogP contribution in [0.25, 0.3) is 22.3 Å². The van der Waals surface area contributed by atoms with E-state index in [0.29, 0.717) is 35.6 Å². The van der Waals surface area contributed by atoms with Crippen molar-refractivity contribution >= 4 is 22.9 Å². The molecule has 1 aliphatic heterocycles. The van der Waals surface area contributed by atoms with E-state index >= 15 is 8.78 Å². The highest BCUT2D eigenvalue weighted by atomic mass is 19.1. The van der Waals surface area contributed by atoms with Crippen molar-refractivity contribution < 1.29 is 33.0 Å². The molecule has 3 aromatic heterocycles. The van der Waals surface area contributed by atoms with Gasteiger partial charge in [0.2, 0.25) is 5.88 Å². The largest absolute Gasteiger partial charge is 0.478 e. The average molecular weight is 600 g/mol. The van der Waals surface area contributed by atoms with Crippen LogP contribution in [-0.2, 0) is 24.3 Å². The van der Waals surface area contributed by atoms with Gasteiger partial charge >= 0.3 is 5.97 Å². The highest BCUT2D eigenvalue weighted by Crippen LogP contribution is 2.29. The van der Waals surface area contributed by atoms with Crippen LogP contribution in [0.4, 0.5) is 8.78 Å². The minimum absolute atomic E-state index is 0.0177. The summed E-state index contributed by atoms with van der Waals surface area (Å²) in [5, 5.41) is 12.0. The lowest BCUT2D eigenvalue weighted by atomic mass is 10.0. The molecule has 0 radical (unpaired) electrons. The van der Waals surface area contributed by atoms with Gasteiger partial charge < -0.3 is 24.5 Å². The molecule has 0 saturated carbocycles. The maximum atomic E-state index is 15.5. The number of carboxylic acids is 1. The monoisotopic (exact) mass is 599 g/mol. The van der Waals surface area contributed by atoms with Gasteiger partial charge in [-0.2, -0.15) is 0 Å². The zero-order valence-electron chi connectivity index (χ0n) is 23.6. The number of imidazole rings is 1. The van der Waals surface area contributed by atoms with Gasteiger partial charge in [-0.05, 0) is 54.4 Å². The molecule has 2 aromatic carbocycles. The van der Waals surface area contributed by atoms with Crippen molar-refractivity contribution in [3.8, 4) is 17.1 Å². The molecule has 12 heteroatoms. The molecule has 1 atom stereocenters. The first-order valence-corrected chi connectivity index (χ1v) is 13.9. The van der Waals surface area contributed by atoms with Crippen LogP contribution in [0.5, 0.6) is 5.88 Å². The number of pyridine rings is 2. The lowest BCUT2D eigenvalue weighted by Gasteiger charge is -2.27. The molecule has 44 heavy (non-hydrogen) atoms. The molecule has 1 amide bonds. The van der Waals surface area contributed by atoms with Crippen LogP contribution in [0.1, 0.15) is 44.2 Å². The number of carbonyl (C=O) groups excluding carboxylic acids is 1. The number of carboxylic acid groups (broad SMARTS) is 1. The minimum Gasteiger partial charge on any atom is -0.478 e. The molecule has 2 N–H and O–H groups in total. The van der Waals surface area contributed by atoms with Gasteiger partial charge in [-0.15, -0.1) is 0 Å². The average Bonchev–Trinajstić information content (AvgIpc) is 3.35. The summed E-state index contributed by atoms with van der Waals surface area (Å²) in [4.78, 5) is 36.3. The number of aromatic nitrogens is 4. The molecule has 10 nitrogen and oxygen atoms in total. The Morgan fingerprint density at radius 1 is 1.09 bits per heavy atom. The fraction of sp³-hybridized carbons (Fsp3) is 0.219. The van der Waals surface area contributed by atoms with E-state index in [4.69, 9.17) is 9.47 Å². The van der Waals surface area contributed by atoms with Crippen molar-refractivity contribution in [2.75, 3.05) is 13.7 Å². The van der Waals surface area contributed by atoms with E-state index in [1.165, 1.54) is 25.4 Å². The Morgan fingerprint density at radius 3 is 2.64 bits per heavy atom. The molecular formula is C32H27F2N5O5. The van der Waals surface area contributed by atoms with Gasteiger partial charge in [0.15, 0.2) is 0 Å². The second kappa shape index (κ2) is 12.2. The Morgan fingerprint density at radius 2 is 1.93 bits per heavy atom. The van der Waals surface area contributed by atoms with Gasteiger partial charge in [-0.3, -0.25) is 9.78 Å². The van der Waals surface area contributed by atoms with E-state index in [9.17, 15) is 14.7 Å². The molecule has 1 fully saturated rings. The smallest absolute Gasteiger partial charge is 0.335 e. The van der Waals surface area contributed by atoms with Crippen LogP contribution < -0.4 is 10.1 Å². The highest BCUT2D eigenvalue weighted by Gasteiger charge is 2.24. The predicted octanol–water partition coefficient (Wildman–Crippen LogP) is 4.79. The van der Waals surface area contributed by atoms with Crippen molar-refractivity contribution in [3.05, 3.63) is 107 Å². The third kappa shape index (κ3) is 5.97. The maximum absolute atomic E-state index is 15.5. The number of benzene rings is 2. The van der Waals surface area contributed by atoms with E-state index in [0.717, 1.165) is 18.6 Å². The number of hydrogen-bond acceptors (Lipinski definition) is 7. The zero-order valence-corrected chi connectivity index (χ0v) is 23.6. The first-order chi connectivity index (χ1) is 21.3. The van der Waals surface area contributed by atoms with Gasteiger partial charge in [-0.25, -0.2) is 23.5 Å². The number of carbonyl (C=O) groups is 2. The number of hydrogen-bond donors (Lipinski definition) is 2. The zero-order chi connectivity index (χ0) is 30.8. The van der Waals surface area contributed by atoms with Gasteiger partial charge in [0.05, 0.1) is 34.9 Å². The van der Waals surface area contributed by atoms with Crippen molar-refractivity contribution in [1.29, 1.82) is 0 Å². The predicted molar refractivity (Wildman–Crippen MR) is 155 cm³/mol. The molecule has 1 saturated heterocycles. The normalized spacial score (nSPS) is 14.3. The number of fused-ring (bicyclic) bond motifs is 1. The summed E-state index contributed by atoms with van der Waals surface area (Å²) < 4.78 is 44.1. The lowest BCUT2D eigenvalue weighted by Crippen LogP contribution is -2.31. The summed E-state index contributed by atoms with van der Waals surface area (Å²) in [6, 6.07) is 14.9. The van der Waals surface area contributed by atoms with Gasteiger partial charge in [-0.1, -0.05) is 12.1 Å². The summed E-state index contributed by atoms with van der Waals surface area (Å²) in [5.74, 6) is -2.01. The van der Waals surface area contributed by atoms with Crippen LogP contribution in [-0.4, -0.2) is 56.3 Å². The van der Waals surface area contributed by atoms with Crippen LogP contribution in [0, 0.1) is 11.6 Å². The Balaban J connectivity index is 1.23. The van der Waals surface area contributed by atoms with Crippen molar-refractivity contribution in [2.24, 2.45) is 0 Å². The summed E-state index contributed by atoms with van der Waals surface area (Å²) >= 11 is 0. The SMILES string of the molecule is CNC(=O)c1ccc(COc2cccc(-c3cc(F)c(Cc4nc5ccc(C(=O)O)cc5n4C[C@@H]4CCO4)cc3F)n2)cn1. The molecule has 0 aliphatic carbocycles. The van der Waals surface area contributed by atoms with E-state index in [-0.39, 0.29) is 59.0 Å². The van der Waals surface area contributed by atoms with E-state index in [2.05, 4.69) is 20.3 Å². The number of aromatic carboxylic acids is 1. The number of nitrogens with one attached hydrogen (secondary N) is 1. The quantitative estimate of drug-likeness (QED) is 0.235.